The summed E-state index contributed by atoms with van der Waals surface area (Å²) in [5, 5.41) is 8.89. The Kier molecular flexibility index (Phi) is 5.39. The molecule has 0 saturated carbocycles. The fourth-order valence-corrected chi connectivity index (χ4v) is 3.03. The predicted octanol–water partition coefficient (Wildman–Crippen LogP) is 1.99. The minimum atomic E-state index is -4.41. The standard InChI is InChI=1S/C12H20F3N5S/c1-19(2)9-3-6-20(7-4-9)8-5-16-11-18-17-10(21-11)12(13,14)15/h9H,3-8H2,1-2H3,(H,16,18). The molecule has 1 aliphatic heterocycles. The van der Waals surface area contributed by atoms with Crippen molar-refractivity contribution in [3.8, 4) is 0 Å². The fourth-order valence-electron chi connectivity index (χ4n) is 2.39. The number of likely N-dealkylation sites (tertiary alicyclic amines) is 1. The van der Waals surface area contributed by atoms with Crippen LogP contribution in [0.3, 0.4) is 0 Å². The Morgan fingerprint density at radius 2 is 1.95 bits per heavy atom. The Morgan fingerprint density at radius 1 is 1.29 bits per heavy atom. The molecule has 1 fully saturated rings. The summed E-state index contributed by atoms with van der Waals surface area (Å²) in [5.74, 6) is 0. The van der Waals surface area contributed by atoms with Crippen molar-refractivity contribution in [3.05, 3.63) is 5.01 Å². The van der Waals surface area contributed by atoms with Crippen LogP contribution in [0.4, 0.5) is 18.3 Å². The minimum absolute atomic E-state index is 0.227. The summed E-state index contributed by atoms with van der Waals surface area (Å²) in [5.41, 5.74) is 0. The highest BCUT2D eigenvalue weighted by Gasteiger charge is 2.35. The lowest BCUT2D eigenvalue weighted by Gasteiger charge is -2.35. The maximum Gasteiger partial charge on any atom is 0.445 e. The lowest BCUT2D eigenvalue weighted by atomic mass is 10.0. The molecule has 1 aliphatic rings. The molecule has 2 rings (SSSR count). The van der Waals surface area contributed by atoms with Gasteiger partial charge in [0.25, 0.3) is 0 Å². The molecule has 1 N–H and O–H groups in total. The van der Waals surface area contributed by atoms with E-state index in [4.69, 9.17) is 0 Å². The van der Waals surface area contributed by atoms with Gasteiger partial charge in [-0.3, -0.25) is 0 Å². The first kappa shape index (κ1) is 16.4. The summed E-state index contributed by atoms with van der Waals surface area (Å²) >= 11 is 0.547. The zero-order valence-corrected chi connectivity index (χ0v) is 13.0. The van der Waals surface area contributed by atoms with Gasteiger partial charge in [-0.1, -0.05) is 11.3 Å². The zero-order valence-electron chi connectivity index (χ0n) is 12.2. The van der Waals surface area contributed by atoms with Crippen molar-refractivity contribution in [2.75, 3.05) is 45.6 Å². The summed E-state index contributed by atoms with van der Waals surface area (Å²) in [7, 11) is 4.19. The number of halogens is 3. The van der Waals surface area contributed by atoms with Crippen LogP contribution in [0.2, 0.25) is 0 Å². The van der Waals surface area contributed by atoms with Gasteiger partial charge in [-0.2, -0.15) is 13.2 Å². The van der Waals surface area contributed by atoms with Gasteiger partial charge in [-0.15, -0.1) is 10.2 Å². The van der Waals surface area contributed by atoms with Crippen LogP contribution >= 0.6 is 11.3 Å². The predicted molar refractivity (Wildman–Crippen MR) is 76.5 cm³/mol. The van der Waals surface area contributed by atoms with Crippen LogP contribution in [0.25, 0.3) is 0 Å². The first-order valence-corrected chi connectivity index (χ1v) is 7.71. The van der Waals surface area contributed by atoms with Crippen LogP contribution in [0, 0.1) is 0 Å². The van der Waals surface area contributed by atoms with Crippen LogP contribution in [0.1, 0.15) is 17.8 Å². The Labute approximate surface area is 126 Å². The van der Waals surface area contributed by atoms with E-state index in [-0.39, 0.29) is 5.13 Å². The number of hydrogen-bond acceptors (Lipinski definition) is 6. The lowest BCUT2D eigenvalue weighted by Crippen LogP contribution is -2.43. The number of hydrogen-bond donors (Lipinski definition) is 1. The average Bonchev–Trinajstić information content (AvgIpc) is 2.88. The van der Waals surface area contributed by atoms with E-state index in [2.05, 4.69) is 39.4 Å². The van der Waals surface area contributed by atoms with Crippen LogP contribution in [-0.2, 0) is 6.18 Å². The minimum Gasteiger partial charge on any atom is -0.359 e. The maximum absolute atomic E-state index is 12.4. The molecule has 0 unspecified atom stereocenters. The Morgan fingerprint density at radius 3 is 2.48 bits per heavy atom. The Balaban J connectivity index is 1.69. The number of nitrogens with zero attached hydrogens (tertiary/aromatic N) is 4. The van der Waals surface area contributed by atoms with Gasteiger partial charge >= 0.3 is 6.18 Å². The highest BCUT2D eigenvalue weighted by atomic mass is 32.1. The third-order valence-corrected chi connectivity index (χ3v) is 4.58. The van der Waals surface area contributed by atoms with Gasteiger partial charge < -0.3 is 15.1 Å². The van der Waals surface area contributed by atoms with Crippen LogP contribution in [-0.4, -0.2) is 66.3 Å². The van der Waals surface area contributed by atoms with Crippen molar-refractivity contribution < 1.29 is 13.2 Å². The molecular weight excluding hydrogens is 303 g/mol. The van der Waals surface area contributed by atoms with E-state index in [9.17, 15) is 13.2 Å². The van der Waals surface area contributed by atoms with Gasteiger partial charge in [0.1, 0.15) is 0 Å². The van der Waals surface area contributed by atoms with E-state index < -0.39 is 11.2 Å². The lowest BCUT2D eigenvalue weighted by molar-refractivity contribution is -0.138. The van der Waals surface area contributed by atoms with E-state index in [1.807, 2.05) is 0 Å². The molecule has 5 nitrogen and oxygen atoms in total. The number of rotatable bonds is 5. The van der Waals surface area contributed by atoms with E-state index in [1.54, 1.807) is 0 Å². The van der Waals surface area contributed by atoms with Gasteiger partial charge in [0.15, 0.2) is 0 Å². The van der Waals surface area contributed by atoms with Crippen LogP contribution < -0.4 is 5.32 Å². The number of aromatic nitrogens is 2. The Hall–Kier alpha value is -0.930. The van der Waals surface area contributed by atoms with Crippen molar-refractivity contribution in [3.63, 3.8) is 0 Å². The number of nitrogens with one attached hydrogen (secondary N) is 1. The van der Waals surface area contributed by atoms with E-state index in [1.165, 1.54) is 0 Å². The molecule has 0 amide bonds. The molecule has 9 heteroatoms. The quantitative estimate of drug-likeness (QED) is 0.898. The molecule has 0 spiro atoms. The van der Waals surface area contributed by atoms with Gasteiger partial charge in [0.05, 0.1) is 0 Å². The normalized spacial score (nSPS) is 18.4. The zero-order chi connectivity index (χ0) is 15.5. The molecule has 0 radical (unpaired) electrons. The first-order valence-electron chi connectivity index (χ1n) is 6.89. The molecular formula is C12H20F3N5S. The molecule has 120 valence electrons. The van der Waals surface area contributed by atoms with Crippen molar-refractivity contribution in [1.29, 1.82) is 0 Å². The van der Waals surface area contributed by atoms with Crippen molar-refractivity contribution in [2.45, 2.75) is 25.1 Å². The van der Waals surface area contributed by atoms with Crippen LogP contribution in [0.5, 0.6) is 0 Å². The molecule has 1 saturated heterocycles. The summed E-state index contributed by atoms with van der Waals surface area (Å²) in [4.78, 5) is 4.56. The van der Waals surface area contributed by atoms with Crippen molar-refractivity contribution in [1.82, 2.24) is 20.0 Å². The highest BCUT2D eigenvalue weighted by Crippen LogP contribution is 2.32. The number of anilines is 1. The Bertz CT molecular complexity index is 440. The summed E-state index contributed by atoms with van der Waals surface area (Å²) in [6.07, 6.45) is -2.15. The molecule has 1 aromatic heterocycles. The third-order valence-electron chi connectivity index (χ3n) is 3.66. The van der Waals surface area contributed by atoms with Gasteiger partial charge in [0.2, 0.25) is 10.1 Å². The molecule has 1 aromatic rings. The number of alkyl halides is 3. The second kappa shape index (κ2) is 6.89. The summed E-state index contributed by atoms with van der Waals surface area (Å²) < 4.78 is 37.2. The van der Waals surface area contributed by atoms with Crippen LogP contribution in [0.15, 0.2) is 0 Å². The smallest absolute Gasteiger partial charge is 0.359 e. The first-order chi connectivity index (χ1) is 9.86. The van der Waals surface area contributed by atoms with Gasteiger partial charge in [-0.05, 0) is 40.0 Å². The fraction of sp³-hybridized carbons (Fsp3) is 0.833. The van der Waals surface area contributed by atoms with Crippen molar-refractivity contribution in [2.24, 2.45) is 0 Å². The molecule has 21 heavy (non-hydrogen) atoms. The molecule has 0 aromatic carbocycles. The second-order valence-electron chi connectivity index (χ2n) is 5.37. The van der Waals surface area contributed by atoms with Crippen molar-refractivity contribution >= 4 is 16.5 Å². The largest absolute Gasteiger partial charge is 0.445 e. The van der Waals surface area contributed by atoms with E-state index in [0.29, 0.717) is 23.9 Å². The van der Waals surface area contributed by atoms with Gasteiger partial charge in [-0.25, -0.2) is 0 Å². The number of piperidine rings is 1. The molecule has 0 aliphatic carbocycles. The summed E-state index contributed by atoms with van der Waals surface area (Å²) in [6, 6.07) is 0.631. The average molecular weight is 323 g/mol. The molecule has 0 bridgehead atoms. The topological polar surface area (TPSA) is 44.3 Å². The monoisotopic (exact) mass is 323 g/mol. The highest BCUT2D eigenvalue weighted by molar-refractivity contribution is 7.15. The second-order valence-corrected chi connectivity index (χ2v) is 6.35. The van der Waals surface area contributed by atoms with E-state index in [0.717, 1.165) is 32.5 Å². The molecule has 2 heterocycles. The third kappa shape index (κ3) is 4.79. The molecule has 0 atom stereocenters. The van der Waals surface area contributed by atoms with Gasteiger partial charge in [0, 0.05) is 19.1 Å². The maximum atomic E-state index is 12.4. The van der Waals surface area contributed by atoms with E-state index >= 15 is 0 Å². The SMILES string of the molecule is CN(C)C1CCN(CCNc2nnc(C(F)(F)F)s2)CC1. The summed E-state index contributed by atoms with van der Waals surface area (Å²) in [6.45, 7) is 3.43.